The van der Waals surface area contributed by atoms with Gasteiger partial charge in [-0.1, -0.05) is 32.9 Å². The van der Waals surface area contributed by atoms with Crippen LogP contribution in [0.3, 0.4) is 0 Å². The maximum Gasteiger partial charge on any atom is 0.166 e. The number of carbonyl (C=O) groups is 1. The molecule has 0 aliphatic carbocycles. The second-order valence-electron chi connectivity index (χ2n) is 7.06. The molecule has 1 heterocycles. The van der Waals surface area contributed by atoms with Gasteiger partial charge in [0.05, 0.1) is 12.9 Å². The van der Waals surface area contributed by atoms with Gasteiger partial charge in [-0.2, -0.15) is 0 Å². The van der Waals surface area contributed by atoms with Crippen LogP contribution in [0.5, 0.6) is 0 Å². The molecule has 0 bridgehead atoms. The predicted molar refractivity (Wildman–Crippen MR) is 86.6 cm³/mol. The van der Waals surface area contributed by atoms with E-state index in [1.807, 2.05) is 0 Å². The highest BCUT2D eigenvalue weighted by Crippen LogP contribution is 2.28. The van der Waals surface area contributed by atoms with Gasteiger partial charge < -0.3 is 4.74 Å². The lowest BCUT2D eigenvalue weighted by Gasteiger charge is -2.22. The second kappa shape index (κ2) is 6.05. The third kappa shape index (κ3) is 3.75. The largest absolute Gasteiger partial charge is 0.501 e. The third-order valence-corrected chi connectivity index (χ3v) is 4.19. The van der Waals surface area contributed by atoms with E-state index >= 15 is 0 Å². The van der Waals surface area contributed by atoms with Crippen molar-refractivity contribution in [2.45, 2.75) is 59.3 Å². The number of carbonyl (C=O) groups excluding carboxylic acids is 1. The van der Waals surface area contributed by atoms with Gasteiger partial charge in [0.1, 0.15) is 0 Å². The van der Waals surface area contributed by atoms with Crippen molar-refractivity contribution in [3.8, 4) is 0 Å². The Bertz CT molecular complexity index is 551. The van der Waals surface area contributed by atoms with Crippen molar-refractivity contribution in [2.24, 2.45) is 0 Å². The Labute approximate surface area is 128 Å². The Hall–Kier alpha value is -1.57. The fourth-order valence-corrected chi connectivity index (χ4v) is 2.75. The van der Waals surface area contributed by atoms with Crippen molar-refractivity contribution >= 4 is 5.78 Å². The van der Waals surface area contributed by atoms with E-state index in [9.17, 15) is 4.79 Å². The van der Waals surface area contributed by atoms with Crippen LogP contribution in [0.15, 0.2) is 24.0 Å². The van der Waals surface area contributed by atoms with E-state index < -0.39 is 0 Å². The molecular formula is C19H26O2. The van der Waals surface area contributed by atoms with Crippen LogP contribution in [-0.2, 0) is 21.4 Å². The summed E-state index contributed by atoms with van der Waals surface area (Å²) in [7, 11) is 0. The fraction of sp³-hybridized carbons (Fsp3) is 0.526. The summed E-state index contributed by atoms with van der Waals surface area (Å²) in [6.07, 6.45) is 3.92. The summed E-state index contributed by atoms with van der Waals surface area (Å²) in [6, 6.07) is 4.45. The Morgan fingerprint density at radius 1 is 1.19 bits per heavy atom. The van der Waals surface area contributed by atoms with Gasteiger partial charge in [0, 0.05) is 12.0 Å². The monoisotopic (exact) mass is 286 g/mol. The average molecular weight is 286 g/mol. The molecule has 0 aromatic heterocycles. The molecule has 0 saturated heterocycles. The van der Waals surface area contributed by atoms with E-state index in [0.717, 1.165) is 25.0 Å². The summed E-state index contributed by atoms with van der Waals surface area (Å²) in [5, 5.41) is 0. The minimum Gasteiger partial charge on any atom is -0.501 e. The van der Waals surface area contributed by atoms with E-state index in [-0.39, 0.29) is 11.2 Å². The Balaban J connectivity index is 2.25. The highest BCUT2D eigenvalue weighted by molar-refractivity contribution is 5.97. The number of benzene rings is 1. The third-order valence-electron chi connectivity index (χ3n) is 4.19. The lowest BCUT2D eigenvalue weighted by Crippen LogP contribution is -2.15. The Kier molecular flexibility index (Phi) is 4.55. The molecule has 1 aromatic carbocycles. The number of aryl methyl sites for hydroxylation is 2. The first-order valence-corrected chi connectivity index (χ1v) is 7.73. The van der Waals surface area contributed by atoms with Gasteiger partial charge in [-0.05, 0) is 54.4 Å². The lowest BCUT2D eigenvalue weighted by atomic mass is 9.83. The van der Waals surface area contributed by atoms with Gasteiger partial charge in [0.2, 0.25) is 0 Å². The molecule has 0 saturated carbocycles. The molecule has 2 rings (SSSR count). The van der Waals surface area contributed by atoms with Crippen LogP contribution in [0.1, 0.15) is 55.9 Å². The molecule has 114 valence electrons. The van der Waals surface area contributed by atoms with Crippen LogP contribution in [0.2, 0.25) is 0 Å². The normalized spacial score (nSPS) is 15.4. The Morgan fingerprint density at radius 2 is 1.81 bits per heavy atom. The molecule has 0 atom stereocenters. The van der Waals surface area contributed by atoms with Crippen molar-refractivity contribution in [1.82, 2.24) is 0 Å². The van der Waals surface area contributed by atoms with E-state index in [2.05, 4.69) is 46.8 Å². The number of ether oxygens (including phenoxy) is 1. The van der Waals surface area contributed by atoms with Crippen molar-refractivity contribution in [2.75, 3.05) is 6.61 Å². The number of hydrogen-bond acceptors (Lipinski definition) is 2. The fourth-order valence-electron chi connectivity index (χ4n) is 2.75. The van der Waals surface area contributed by atoms with Crippen molar-refractivity contribution in [1.29, 1.82) is 0 Å². The first-order chi connectivity index (χ1) is 9.79. The quantitative estimate of drug-likeness (QED) is 0.823. The van der Waals surface area contributed by atoms with Crippen LogP contribution >= 0.6 is 0 Å². The summed E-state index contributed by atoms with van der Waals surface area (Å²) in [6.45, 7) is 11.6. The summed E-state index contributed by atoms with van der Waals surface area (Å²) >= 11 is 0. The number of hydrogen-bond donors (Lipinski definition) is 0. The van der Waals surface area contributed by atoms with Crippen LogP contribution in [0, 0.1) is 13.8 Å². The van der Waals surface area contributed by atoms with E-state index in [4.69, 9.17) is 4.74 Å². The van der Waals surface area contributed by atoms with Gasteiger partial charge in [-0.3, -0.25) is 4.79 Å². The zero-order valence-electron chi connectivity index (χ0n) is 13.9. The molecule has 0 spiro atoms. The summed E-state index contributed by atoms with van der Waals surface area (Å²) in [4.78, 5) is 12.4. The van der Waals surface area contributed by atoms with Crippen LogP contribution in [-0.4, -0.2) is 12.4 Å². The molecule has 0 N–H and O–H groups in total. The number of ketones is 1. The minimum atomic E-state index is 0.137. The first kappa shape index (κ1) is 15.8. The standard InChI is InChI=1S/C19H26O2/c1-13-9-16(19(3,4)5)10-14(2)17(13)11-18(20)15-7-6-8-21-12-15/h9-10,12H,6-8,11H2,1-5H3. The second-order valence-corrected chi connectivity index (χ2v) is 7.06. The predicted octanol–water partition coefficient (Wildman–Crippen LogP) is 4.41. The molecule has 0 unspecified atom stereocenters. The minimum absolute atomic E-state index is 0.137. The Morgan fingerprint density at radius 3 is 2.29 bits per heavy atom. The molecule has 0 amide bonds. The summed E-state index contributed by atoms with van der Waals surface area (Å²) < 4.78 is 5.28. The number of Topliss-reactive ketones (excluding diaryl/α,β-unsaturated/α-hetero) is 1. The molecule has 0 fully saturated rings. The highest BCUT2D eigenvalue weighted by atomic mass is 16.5. The van der Waals surface area contributed by atoms with Crippen molar-refractivity contribution in [3.63, 3.8) is 0 Å². The zero-order valence-corrected chi connectivity index (χ0v) is 13.9. The molecule has 1 aromatic rings. The SMILES string of the molecule is Cc1cc(C(C)(C)C)cc(C)c1CC(=O)C1=COCCC1. The molecular weight excluding hydrogens is 260 g/mol. The molecule has 2 heteroatoms. The maximum absolute atomic E-state index is 12.4. The maximum atomic E-state index is 12.4. The summed E-state index contributed by atoms with van der Waals surface area (Å²) in [5.41, 5.74) is 5.89. The molecule has 2 nitrogen and oxygen atoms in total. The van der Waals surface area contributed by atoms with E-state index in [1.54, 1.807) is 6.26 Å². The smallest absolute Gasteiger partial charge is 0.166 e. The van der Waals surface area contributed by atoms with Crippen LogP contribution in [0.4, 0.5) is 0 Å². The van der Waals surface area contributed by atoms with Gasteiger partial charge >= 0.3 is 0 Å². The van der Waals surface area contributed by atoms with Gasteiger partial charge in [0.15, 0.2) is 5.78 Å². The summed E-state index contributed by atoms with van der Waals surface area (Å²) in [5.74, 6) is 0.199. The first-order valence-electron chi connectivity index (χ1n) is 7.73. The van der Waals surface area contributed by atoms with Crippen molar-refractivity contribution in [3.05, 3.63) is 46.2 Å². The van der Waals surface area contributed by atoms with E-state index in [1.165, 1.54) is 22.3 Å². The zero-order chi connectivity index (χ0) is 15.6. The van der Waals surface area contributed by atoms with Gasteiger partial charge in [0.25, 0.3) is 0 Å². The molecule has 21 heavy (non-hydrogen) atoms. The van der Waals surface area contributed by atoms with Crippen molar-refractivity contribution < 1.29 is 9.53 Å². The molecule has 1 aliphatic heterocycles. The highest BCUT2D eigenvalue weighted by Gasteiger charge is 2.19. The van der Waals surface area contributed by atoms with Crippen LogP contribution in [0.25, 0.3) is 0 Å². The van der Waals surface area contributed by atoms with Gasteiger partial charge in [-0.15, -0.1) is 0 Å². The lowest BCUT2D eigenvalue weighted by molar-refractivity contribution is -0.115. The van der Waals surface area contributed by atoms with E-state index in [0.29, 0.717) is 6.42 Å². The van der Waals surface area contributed by atoms with Crippen LogP contribution < -0.4 is 0 Å². The molecule has 1 aliphatic rings. The average Bonchev–Trinajstić information content (AvgIpc) is 2.42. The topological polar surface area (TPSA) is 26.3 Å². The number of allylic oxidation sites excluding steroid dienone is 1. The van der Waals surface area contributed by atoms with Gasteiger partial charge in [-0.25, -0.2) is 0 Å². The number of rotatable bonds is 3. The molecule has 0 radical (unpaired) electrons.